The Labute approximate surface area is 123 Å². The first kappa shape index (κ1) is 13.9. The lowest BCUT2D eigenvalue weighted by molar-refractivity contribution is 0.0696. The summed E-state index contributed by atoms with van der Waals surface area (Å²) in [5, 5.41) is 9.68. The van der Waals surface area contributed by atoms with Gasteiger partial charge in [0.2, 0.25) is 5.88 Å². The van der Waals surface area contributed by atoms with E-state index in [-0.39, 0.29) is 16.5 Å². The van der Waals surface area contributed by atoms with Gasteiger partial charge in [0.25, 0.3) is 0 Å². The third-order valence-electron chi connectivity index (χ3n) is 2.17. The SMILES string of the molecule is O=C(O)c1cc(Oc2ccc(Cl)c(Cl)c2)ncc1Cl. The van der Waals surface area contributed by atoms with E-state index in [4.69, 9.17) is 44.6 Å². The summed E-state index contributed by atoms with van der Waals surface area (Å²) in [4.78, 5) is 14.8. The zero-order chi connectivity index (χ0) is 14.0. The number of hydrogen-bond acceptors (Lipinski definition) is 3. The molecule has 1 aromatic heterocycles. The van der Waals surface area contributed by atoms with Crippen molar-refractivity contribution in [3.05, 3.63) is 51.1 Å². The average molecular weight is 319 g/mol. The second-order valence-corrected chi connectivity index (χ2v) is 4.71. The van der Waals surface area contributed by atoms with Crippen LogP contribution in [0.25, 0.3) is 0 Å². The summed E-state index contributed by atoms with van der Waals surface area (Å²) in [5.74, 6) is -0.674. The Balaban J connectivity index is 2.30. The zero-order valence-corrected chi connectivity index (χ0v) is 11.5. The van der Waals surface area contributed by atoms with Crippen molar-refractivity contribution in [2.24, 2.45) is 0 Å². The molecule has 1 aromatic carbocycles. The highest BCUT2D eigenvalue weighted by atomic mass is 35.5. The van der Waals surface area contributed by atoms with Gasteiger partial charge in [-0.3, -0.25) is 0 Å². The molecule has 0 saturated carbocycles. The van der Waals surface area contributed by atoms with Crippen molar-refractivity contribution < 1.29 is 14.6 Å². The molecule has 0 aliphatic rings. The molecule has 2 rings (SSSR count). The Kier molecular flexibility index (Phi) is 4.14. The van der Waals surface area contributed by atoms with E-state index in [0.29, 0.717) is 15.8 Å². The van der Waals surface area contributed by atoms with Crippen LogP contribution in [0.3, 0.4) is 0 Å². The second kappa shape index (κ2) is 5.65. The summed E-state index contributed by atoms with van der Waals surface area (Å²) >= 11 is 17.3. The number of hydrogen-bond donors (Lipinski definition) is 1. The molecule has 0 spiro atoms. The number of benzene rings is 1. The first-order valence-corrected chi connectivity index (χ1v) is 6.12. The van der Waals surface area contributed by atoms with Crippen LogP contribution in [0.4, 0.5) is 0 Å². The van der Waals surface area contributed by atoms with Crippen LogP contribution < -0.4 is 4.74 Å². The van der Waals surface area contributed by atoms with E-state index in [0.717, 1.165) is 0 Å². The van der Waals surface area contributed by atoms with Crippen LogP contribution in [0.1, 0.15) is 10.4 Å². The molecule has 7 heteroatoms. The molecule has 98 valence electrons. The van der Waals surface area contributed by atoms with Crippen LogP contribution in [0.15, 0.2) is 30.5 Å². The van der Waals surface area contributed by atoms with Crippen molar-refractivity contribution in [2.45, 2.75) is 0 Å². The zero-order valence-electron chi connectivity index (χ0n) is 9.23. The van der Waals surface area contributed by atoms with Gasteiger partial charge in [-0.05, 0) is 12.1 Å². The molecular weight excluding hydrogens is 312 g/mol. The summed E-state index contributed by atoms with van der Waals surface area (Å²) in [6.07, 6.45) is 1.21. The Morgan fingerprint density at radius 3 is 2.47 bits per heavy atom. The molecule has 4 nitrogen and oxygen atoms in total. The van der Waals surface area contributed by atoms with Gasteiger partial charge < -0.3 is 9.84 Å². The fourth-order valence-corrected chi connectivity index (χ4v) is 1.77. The lowest BCUT2D eigenvalue weighted by Gasteiger charge is -2.07. The Hall–Kier alpha value is -1.49. The van der Waals surface area contributed by atoms with Crippen molar-refractivity contribution in [2.75, 3.05) is 0 Å². The number of carboxylic acids is 1. The first-order valence-electron chi connectivity index (χ1n) is 4.99. The monoisotopic (exact) mass is 317 g/mol. The van der Waals surface area contributed by atoms with E-state index in [1.807, 2.05) is 0 Å². The van der Waals surface area contributed by atoms with Crippen LogP contribution in [0.2, 0.25) is 15.1 Å². The largest absolute Gasteiger partial charge is 0.478 e. The molecule has 0 atom stereocenters. The maximum atomic E-state index is 10.9. The molecule has 0 aliphatic heterocycles. The predicted octanol–water partition coefficient (Wildman–Crippen LogP) is 4.53. The normalized spacial score (nSPS) is 10.3. The lowest BCUT2D eigenvalue weighted by atomic mass is 10.2. The number of carbonyl (C=O) groups is 1. The summed E-state index contributed by atoms with van der Waals surface area (Å²) in [5.41, 5.74) is -0.0910. The highest BCUT2D eigenvalue weighted by molar-refractivity contribution is 6.42. The fourth-order valence-electron chi connectivity index (χ4n) is 1.30. The van der Waals surface area contributed by atoms with Gasteiger partial charge in [0.05, 0.1) is 26.8 Å². The van der Waals surface area contributed by atoms with Crippen molar-refractivity contribution in [3.63, 3.8) is 0 Å². The number of halogens is 3. The van der Waals surface area contributed by atoms with Gasteiger partial charge in [-0.25, -0.2) is 9.78 Å². The van der Waals surface area contributed by atoms with Crippen LogP contribution in [0.5, 0.6) is 11.6 Å². The molecule has 0 radical (unpaired) electrons. The highest BCUT2D eigenvalue weighted by Crippen LogP contribution is 2.29. The van der Waals surface area contributed by atoms with E-state index in [1.165, 1.54) is 18.3 Å². The number of pyridine rings is 1. The molecule has 0 aliphatic carbocycles. The molecule has 0 bridgehead atoms. The third kappa shape index (κ3) is 3.29. The molecule has 0 saturated heterocycles. The second-order valence-electron chi connectivity index (χ2n) is 3.49. The van der Waals surface area contributed by atoms with Crippen LogP contribution >= 0.6 is 34.8 Å². The van der Waals surface area contributed by atoms with Gasteiger partial charge in [0.15, 0.2) is 0 Å². The van der Waals surface area contributed by atoms with E-state index in [9.17, 15) is 4.79 Å². The molecule has 1 heterocycles. The highest BCUT2D eigenvalue weighted by Gasteiger charge is 2.12. The summed E-state index contributed by atoms with van der Waals surface area (Å²) in [7, 11) is 0. The molecule has 0 fully saturated rings. The van der Waals surface area contributed by atoms with E-state index >= 15 is 0 Å². The van der Waals surface area contributed by atoms with Gasteiger partial charge in [0, 0.05) is 12.1 Å². The number of ether oxygens (including phenoxy) is 1. The third-order valence-corrected chi connectivity index (χ3v) is 3.21. The summed E-state index contributed by atoms with van der Waals surface area (Å²) < 4.78 is 5.38. The Morgan fingerprint density at radius 2 is 1.84 bits per heavy atom. The Bertz CT molecular complexity index is 646. The number of aromatic nitrogens is 1. The van der Waals surface area contributed by atoms with E-state index in [2.05, 4.69) is 4.98 Å². The molecule has 19 heavy (non-hydrogen) atoms. The minimum atomic E-state index is -1.16. The van der Waals surface area contributed by atoms with Crippen molar-refractivity contribution in [3.8, 4) is 11.6 Å². The maximum Gasteiger partial charge on any atom is 0.337 e. The van der Waals surface area contributed by atoms with Crippen LogP contribution in [0, 0.1) is 0 Å². The topological polar surface area (TPSA) is 59.4 Å². The van der Waals surface area contributed by atoms with Crippen LogP contribution in [-0.2, 0) is 0 Å². The summed E-state index contributed by atoms with van der Waals surface area (Å²) in [6.45, 7) is 0. The minimum Gasteiger partial charge on any atom is -0.478 e. The smallest absolute Gasteiger partial charge is 0.337 e. The molecule has 0 amide bonds. The van der Waals surface area contributed by atoms with E-state index < -0.39 is 5.97 Å². The lowest BCUT2D eigenvalue weighted by Crippen LogP contribution is -1.99. The van der Waals surface area contributed by atoms with Crippen LogP contribution in [-0.4, -0.2) is 16.1 Å². The Morgan fingerprint density at radius 1 is 1.11 bits per heavy atom. The molecule has 1 N–H and O–H groups in total. The van der Waals surface area contributed by atoms with Gasteiger partial charge >= 0.3 is 5.97 Å². The quantitative estimate of drug-likeness (QED) is 0.903. The van der Waals surface area contributed by atoms with Gasteiger partial charge in [-0.2, -0.15) is 0 Å². The maximum absolute atomic E-state index is 10.9. The van der Waals surface area contributed by atoms with E-state index in [1.54, 1.807) is 12.1 Å². The van der Waals surface area contributed by atoms with Crippen molar-refractivity contribution in [1.82, 2.24) is 4.98 Å². The molecule has 2 aromatic rings. The molecule has 0 unspecified atom stereocenters. The molecular formula is C12H6Cl3NO3. The standard InChI is InChI=1S/C12H6Cl3NO3/c13-8-2-1-6(3-9(8)14)19-11-4-7(12(17)18)10(15)5-16-11/h1-5H,(H,17,18). The van der Waals surface area contributed by atoms with Crippen molar-refractivity contribution >= 4 is 40.8 Å². The average Bonchev–Trinajstić information content (AvgIpc) is 2.36. The van der Waals surface area contributed by atoms with Gasteiger partial charge in [-0.1, -0.05) is 34.8 Å². The number of rotatable bonds is 3. The number of aromatic carboxylic acids is 1. The summed E-state index contributed by atoms with van der Waals surface area (Å²) in [6, 6.07) is 5.88. The minimum absolute atomic E-state index is 0.0361. The number of nitrogens with zero attached hydrogens (tertiary/aromatic N) is 1. The number of carboxylic acid groups (broad SMARTS) is 1. The van der Waals surface area contributed by atoms with Crippen molar-refractivity contribution in [1.29, 1.82) is 0 Å². The first-order chi connectivity index (χ1) is 8.97. The van der Waals surface area contributed by atoms with Gasteiger partial charge in [-0.15, -0.1) is 0 Å². The van der Waals surface area contributed by atoms with Gasteiger partial charge in [0.1, 0.15) is 5.75 Å². The predicted molar refractivity (Wildman–Crippen MR) is 72.7 cm³/mol. The fraction of sp³-hybridized carbons (Fsp3) is 0.